The number of carbonyl (C=O) groups excluding carboxylic acids is 1. The molecule has 38 heavy (non-hydrogen) atoms. The first-order chi connectivity index (χ1) is 18.4. The summed E-state index contributed by atoms with van der Waals surface area (Å²) in [6.45, 7) is 2.01. The predicted octanol–water partition coefficient (Wildman–Crippen LogP) is 8.01. The Hall–Kier alpha value is -1.98. The number of benzene rings is 2. The van der Waals surface area contributed by atoms with Gasteiger partial charge in [0.2, 0.25) is 5.91 Å². The average Bonchev–Trinajstić information content (AvgIpc) is 2.89. The molecule has 1 atom stereocenters. The van der Waals surface area contributed by atoms with E-state index < -0.39 is 13.9 Å². The number of allylic oxidation sites excluding steroid dienone is 2. The van der Waals surface area contributed by atoms with Gasteiger partial charge in [-0.05, 0) is 54.9 Å². The van der Waals surface area contributed by atoms with E-state index >= 15 is 0 Å². The van der Waals surface area contributed by atoms with Crippen LogP contribution in [-0.2, 0) is 20.3 Å². The topological polar surface area (TPSA) is 95.9 Å². The molecule has 1 unspecified atom stereocenters. The fraction of sp³-hybridized carbons (Fsp3) is 0.581. The van der Waals surface area contributed by atoms with Crippen LogP contribution < -0.4 is 5.32 Å². The monoisotopic (exact) mass is 545 g/mol. The average molecular weight is 546 g/mol. The fourth-order valence-corrected chi connectivity index (χ4v) is 5.10. The highest BCUT2D eigenvalue weighted by Crippen LogP contribution is 2.36. The molecular formula is C31H48NO5P. The summed E-state index contributed by atoms with van der Waals surface area (Å²) in [6, 6.07) is 13.4. The van der Waals surface area contributed by atoms with Gasteiger partial charge in [0.25, 0.3) is 0 Å². The molecule has 0 heterocycles. The van der Waals surface area contributed by atoms with Gasteiger partial charge in [-0.25, -0.2) is 4.57 Å². The molecule has 0 saturated carbocycles. The van der Waals surface area contributed by atoms with E-state index in [2.05, 4.69) is 24.4 Å². The van der Waals surface area contributed by atoms with Crippen LogP contribution in [-0.4, -0.2) is 28.3 Å². The molecule has 0 saturated heterocycles. The molecule has 0 aliphatic rings. The van der Waals surface area contributed by atoms with E-state index in [-0.39, 0.29) is 12.5 Å². The maximum Gasteiger partial charge on any atom is 0.469 e. The van der Waals surface area contributed by atoms with Crippen LogP contribution in [0.5, 0.6) is 0 Å². The van der Waals surface area contributed by atoms with Gasteiger partial charge >= 0.3 is 7.82 Å². The number of fused-ring (bicyclic) bond motifs is 1. The van der Waals surface area contributed by atoms with E-state index in [0.717, 1.165) is 42.0 Å². The first-order valence-electron chi connectivity index (χ1n) is 14.5. The minimum absolute atomic E-state index is 0.109. The van der Waals surface area contributed by atoms with Crippen molar-refractivity contribution < 1.29 is 23.7 Å². The second-order valence-electron chi connectivity index (χ2n) is 10.2. The van der Waals surface area contributed by atoms with Gasteiger partial charge in [-0.1, -0.05) is 113 Å². The number of phosphoric acid groups is 1. The smallest absolute Gasteiger partial charge is 0.351 e. The Balaban J connectivity index is 1.64. The van der Waals surface area contributed by atoms with E-state index in [0.29, 0.717) is 12.8 Å². The number of phosphoric ester groups is 1. The zero-order valence-corrected chi connectivity index (χ0v) is 24.0. The third kappa shape index (κ3) is 14.8. The zero-order valence-electron chi connectivity index (χ0n) is 23.2. The molecule has 1 amide bonds. The summed E-state index contributed by atoms with van der Waals surface area (Å²) >= 11 is 0. The summed E-state index contributed by atoms with van der Waals surface area (Å²) < 4.78 is 16.0. The zero-order chi connectivity index (χ0) is 27.5. The van der Waals surface area contributed by atoms with Crippen LogP contribution in [0.25, 0.3) is 10.8 Å². The van der Waals surface area contributed by atoms with Gasteiger partial charge in [-0.15, -0.1) is 0 Å². The lowest BCUT2D eigenvalue weighted by molar-refractivity contribution is -0.122. The van der Waals surface area contributed by atoms with Crippen molar-refractivity contribution in [2.45, 2.75) is 109 Å². The summed E-state index contributed by atoms with van der Waals surface area (Å²) in [7, 11) is -4.63. The summed E-state index contributed by atoms with van der Waals surface area (Å²) in [5.41, 5.74) is 1.00. The maximum atomic E-state index is 12.6. The normalized spacial score (nSPS) is 12.8. The van der Waals surface area contributed by atoms with Crippen LogP contribution in [0.3, 0.4) is 0 Å². The van der Waals surface area contributed by atoms with Crippen molar-refractivity contribution in [3.05, 3.63) is 60.2 Å². The summed E-state index contributed by atoms with van der Waals surface area (Å²) in [5.74, 6) is -0.109. The van der Waals surface area contributed by atoms with Crippen LogP contribution in [0.15, 0.2) is 54.6 Å². The molecule has 7 heteroatoms. The number of nitrogens with one attached hydrogen (secondary N) is 1. The molecule has 0 aliphatic heterocycles. The van der Waals surface area contributed by atoms with Crippen molar-refractivity contribution in [2.24, 2.45) is 0 Å². The van der Waals surface area contributed by atoms with Gasteiger partial charge in [0.15, 0.2) is 0 Å². The number of unbranched alkanes of at least 4 members (excludes halogenated alkanes) is 11. The van der Waals surface area contributed by atoms with Gasteiger partial charge < -0.3 is 15.1 Å². The Morgan fingerprint density at radius 1 is 0.868 bits per heavy atom. The van der Waals surface area contributed by atoms with Crippen LogP contribution in [0.2, 0.25) is 0 Å². The van der Waals surface area contributed by atoms with Crippen molar-refractivity contribution in [3.8, 4) is 0 Å². The molecule has 2 rings (SSSR count). The summed E-state index contributed by atoms with van der Waals surface area (Å²) in [6.07, 6.45) is 21.1. The number of hydrogen-bond acceptors (Lipinski definition) is 3. The van der Waals surface area contributed by atoms with Crippen molar-refractivity contribution in [3.63, 3.8) is 0 Å². The van der Waals surface area contributed by atoms with Crippen molar-refractivity contribution in [1.82, 2.24) is 5.32 Å². The Bertz CT molecular complexity index is 997. The van der Waals surface area contributed by atoms with Crippen molar-refractivity contribution in [2.75, 3.05) is 6.61 Å². The lowest BCUT2D eigenvalue weighted by Crippen LogP contribution is -2.39. The van der Waals surface area contributed by atoms with Crippen LogP contribution in [0.1, 0.15) is 102 Å². The van der Waals surface area contributed by atoms with E-state index in [1.54, 1.807) is 0 Å². The second-order valence-corrected chi connectivity index (χ2v) is 11.5. The highest BCUT2D eigenvalue weighted by molar-refractivity contribution is 7.46. The third-order valence-corrected chi connectivity index (χ3v) is 7.31. The minimum atomic E-state index is -4.63. The molecule has 6 nitrogen and oxygen atoms in total. The molecule has 3 N–H and O–H groups in total. The fourth-order valence-electron chi connectivity index (χ4n) is 4.73. The van der Waals surface area contributed by atoms with Crippen LogP contribution in [0, 0.1) is 0 Å². The lowest BCUT2D eigenvalue weighted by Gasteiger charge is -2.20. The van der Waals surface area contributed by atoms with Gasteiger partial charge in [0.1, 0.15) is 0 Å². The lowest BCUT2D eigenvalue weighted by atomic mass is 9.99. The largest absolute Gasteiger partial charge is 0.469 e. The Labute approximate surface area is 229 Å². The SMILES string of the molecule is CCCCCCCC/C=C\CCCCCCCC(=O)NC(COP(=O)(O)O)Cc1cccc2ccccc12. The molecule has 0 fully saturated rings. The molecule has 0 aromatic heterocycles. The quantitative estimate of drug-likeness (QED) is 0.0839. The molecule has 2 aromatic rings. The molecule has 0 bridgehead atoms. The Kier molecular flexibility index (Phi) is 16.2. The van der Waals surface area contributed by atoms with E-state index in [9.17, 15) is 9.36 Å². The molecule has 0 aliphatic carbocycles. The van der Waals surface area contributed by atoms with Crippen LogP contribution in [0.4, 0.5) is 0 Å². The Morgan fingerprint density at radius 2 is 1.47 bits per heavy atom. The van der Waals surface area contributed by atoms with Crippen LogP contribution >= 0.6 is 7.82 Å². The first kappa shape index (κ1) is 32.2. The maximum absolute atomic E-state index is 12.6. The number of hydrogen-bond donors (Lipinski definition) is 3. The number of rotatable bonds is 21. The first-order valence-corrected chi connectivity index (χ1v) is 16.0. The molecule has 212 valence electrons. The van der Waals surface area contributed by atoms with Gasteiger partial charge in [-0.3, -0.25) is 9.32 Å². The van der Waals surface area contributed by atoms with Gasteiger partial charge in [0.05, 0.1) is 12.6 Å². The van der Waals surface area contributed by atoms with Gasteiger partial charge in [-0.2, -0.15) is 0 Å². The van der Waals surface area contributed by atoms with Crippen molar-refractivity contribution in [1.29, 1.82) is 0 Å². The van der Waals surface area contributed by atoms with Crippen molar-refractivity contribution >= 4 is 24.5 Å². The summed E-state index contributed by atoms with van der Waals surface area (Å²) in [4.78, 5) is 30.9. The molecule has 0 radical (unpaired) electrons. The molecular weight excluding hydrogens is 497 g/mol. The highest BCUT2D eigenvalue weighted by Gasteiger charge is 2.21. The molecule has 2 aromatic carbocycles. The van der Waals surface area contributed by atoms with E-state index in [1.165, 1.54) is 57.8 Å². The minimum Gasteiger partial charge on any atom is -0.351 e. The standard InChI is InChI=1S/C31H48NO5P/c1-2-3-4-5-6-7-8-9-10-11-12-13-14-15-16-24-31(33)32-29(26-37-38(34,35)36)25-28-22-19-21-27-20-17-18-23-30(27)28/h9-10,17-23,29H,2-8,11-16,24-26H2,1H3,(H,32,33)(H2,34,35,36)/b10-9-. The second kappa shape index (κ2) is 19.1. The number of amides is 1. The highest BCUT2D eigenvalue weighted by atomic mass is 31.2. The molecule has 0 spiro atoms. The third-order valence-electron chi connectivity index (χ3n) is 6.82. The Morgan fingerprint density at radius 3 is 2.16 bits per heavy atom. The number of carbonyl (C=O) groups is 1. The summed E-state index contributed by atoms with van der Waals surface area (Å²) in [5, 5.41) is 5.08. The van der Waals surface area contributed by atoms with E-state index in [1.807, 2.05) is 42.5 Å². The predicted molar refractivity (Wildman–Crippen MR) is 157 cm³/mol. The van der Waals surface area contributed by atoms with Gasteiger partial charge in [0, 0.05) is 6.42 Å². The van der Waals surface area contributed by atoms with E-state index in [4.69, 9.17) is 14.3 Å².